The first-order valence-corrected chi connectivity index (χ1v) is 12.2. The number of aliphatic hydroxyl groups excluding tert-OH is 1. The Kier molecular flexibility index (Phi) is 8.42. The van der Waals surface area contributed by atoms with Gasteiger partial charge in [0.15, 0.2) is 0 Å². The molecular formula is C24H37N3O8. The number of rotatable bonds is 3. The summed E-state index contributed by atoms with van der Waals surface area (Å²) < 4.78 is 16.2. The zero-order chi connectivity index (χ0) is 25.8. The molecule has 5 atom stereocenters. The van der Waals surface area contributed by atoms with Crippen LogP contribution < -0.4 is 10.6 Å². The van der Waals surface area contributed by atoms with Crippen LogP contribution in [-0.4, -0.2) is 89.6 Å². The molecule has 0 spiro atoms. The van der Waals surface area contributed by atoms with Crippen LogP contribution in [0.1, 0.15) is 53.4 Å². The quantitative estimate of drug-likeness (QED) is 0.382. The number of ether oxygens (including phenoxy) is 3. The fourth-order valence-corrected chi connectivity index (χ4v) is 4.44. The number of amides is 3. The average molecular weight is 496 g/mol. The van der Waals surface area contributed by atoms with E-state index in [2.05, 4.69) is 10.6 Å². The summed E-state index contributed by atoms with van der Waals surface area (Å²) in [5.74, 6) is -1.82. The summed E-state index contributed by atoms with van der Waals surface area (Å²) in [6.07, 6.45) is 3.25. The van der Waals surface area contributed by atoms with Gasteiger partial charge in [-0.25, -0.2) is 9.59 Å². The van der Waals surface area contributed by atoms with Gasteiger partial charge >= 0.3 is 12.1 Å². The molecule has 3 rings (SSSR count). The van der Waals surface area contributed by atoms with E-state index in [1.165, 1.54) is 4.90 Å². The van der Waals surface area contributed by atoms with Gasteiger partial charge in [-0.3, -0.25) is 9.59 Å². The standard InChI is InChI=1S/C24H37N3O8/c1-5-34-21(31)24-13-15(24)8-6-7-10-33-11-9-17(25-22(32)35-23(2,3)4)20(30)27-14-16(28)12-18(27)19(29)26-24/h6,8,15-18,28H,5,7,9-14H2,1-4H3,(H,25,32)(H,26,29)/b8-6-/t15?,16-,17+,18+,24-/m1/s1. The summed E-state index contributed by atoms with van der Waals surface area (Å²) in [6.45, 7) is 7.52. The largest absolute Gasteiger partial charge is 0.464 e. The summed E-state index contributed by atoms with van der Waals surface area (Å²) in [4.78, 5) is 53.2. The molecule has 196 valence electrons. The molecule has 35 heavy (non-hydrogen) atoms. The molecule has 2 heterocycles. The lowest BCUT2D eigenvalue weighted by molar-refractivity contribution is -0.150. The second-order valence-corrected chi connectivity index (χ2v) is 10.2. The number of hydrogen-bond acceptors (Lipinski definition) is 8. The van der Waals surface area contributed by atoms with Crippen LogP contribution in [0.2, 0.25) is 0 Å². The number of fused-ring (bicyclic) bond motifs is 2. The van der Waals surface area contributed by atoms with Gasteiger partial charge in [-0.1, -0.05) is 12.2 Å². The van der Waals surface area contributed by atoms with Crippen LogP contribution in [0.3, 0.4) is 0 Å². The highest BCUT2D eigenvalue weighted by Gasteiger charge is 2.62. The molecule has 0 radical (unpaired) electrons. The van der Waals surface area contributed by atoms with Crippen molar-refractivity contribution in [3.8, 4) is 0 Å². The van der Waals surface area contributed by atoms with Gasteiger partial charge in [0, 0.05) is 31.9 Å². The second kappa shape index (κ2) is 10.9. The van der Waals surface area contributed by atoms with Gasteiger partial charge in [0.2, 0.25) is 11.8 Å². The van der Waals surface area contributed by atoms with E-state index in [0.717, 1.165) is 0 Å². The number of carbonyl (C=O) groups is 4. The van der Waals surface area contributed by atoms with Gasteiger partial charge in [0.25, 0.3) is 0 Å². The lowest BCUT2D eigenvalue weighted by Crippen LogP contribution is -2.57. The molecule has 11 nitrogen and oxygen atoms in total. The maximum Gasteiger partial charge on any atom is 0.408 e. The van der Waals surface area contributed by atoms with Crippen molar-refractivity contribution in [2.75, 3.05) is 26.4 Å². The molecule has 11 heteroatoms. The normalized spacial score (nSPS) is 32.8. The van der Waals surface area contributed by atoms with Gasteiger partial charge in [0.05, 0.1) is 19.3 Å². The Bertz CT molecular complexity index is 854. The molecule has 1 aliphatic carbocycles. The molecule has 0 bridgehead atoms. The van der Waals surface area contributed by atoms with Gasteiger partial charge in [-0.05, 0) is 40.5 Å². The number of hydrogen-bond donors (Lipinski definition) is 3. The molecule has 0 aromatic carbocycles. The monoisotopic (exact) mass is 495 g/mol. The molecule has 3 amide bonds. The van der Waals surface area contributed by atoms with E-state index in [9.17, 15) is 24.3 Å². The molecule has 1 unspecified atom stereocenters. The third-order valence-corrected chi connectivity index (χ3v) is 6.20. The first-order valence-electron chi connectivity index (χ1n) is 12.2. The van der Waals surface area contributed by atoms with Crippen molar-refractivity contribution in [2.45, 2.75) is 82.7 Å². The molecule has 3 aliphatic rings. The number of aliphatic hydroxyl groups is 1. The highest BCUT2D eigenvalue weighted by Crippen LogP contribution is 2.46. The molecular weight excluding hydrogens is 458 g/mol. The molecule has 2 aliphatic heterocycles. The third kappa shape index (κ3) is 6.72. The van der Waals surface area contributed by atoms with Crippen LogP contribution in [0.25, 0.3) is 0 Å². The zero-order valence-corrected chi connectivity index (χ0v) is 20.9. The number of nitrogens with one attached hydrogen (secondary N) is 2. The van der Waals surface area contributed by atoms with E-state index in [1.807, 2.05) is 12.2 Å². The van der Waals surface area contributed by atoms with E-state index < -0.39 is 53.2 Å². The Labute approximate surface area is 205 Å². The Balaban J connectivity index is 1.84. The first kappa shape index (κ1) is 26.9. The highest BCUT2D eigenvalue weighted by molar-refractivity contribution is 5.96. The summed E-state index contributed by atoms with van der Waals surface area (Å²) >= 11 is 0. The third-order valence-electron chi connectivity index (χ3n) is 6.20. The Hall–Kier alpha value is -2.66. The zero-order valence-electron chi connectivity index (χ0n) is 20.9. The van der Waals surface area contributed by atoms with Crippen molar-refractivity contribution >= 4 is 23.9 Å². The number of alkyl carbamates (subject to hydrolysis) is 1. The number of esters is 1. The first-order chi connectivity index (χ1) is 16.5. The number of carbonyl (C=O) groups excluding carboxylic acids is 4. The van der Waals surface area contributed by atoms with Crippen molar-refractivity contribution in [3.05, 3.63) is 12.2 Å². The topological polar surface area (TPSA) is 144 Å². The van der Waals surface area contributed by atoms with E-state index in [-0.39, 0.29) is 38.5 Å². The van der Waals surface area contributed by atoms with E-state index in [4.69, 9.17) is 14.2 Å². The van der Waals surface area contributed by atoms with E-state index in [1.54, 1.807) is 27.7 Å². The lowest BCUT2D eigenvalue weighted by atomic mass is 10.1. The minimum absolute atomic E-state index is 0.0205. The van der Waals surface area contributed by atoms with Crippen LogP contribution >= 0.6 is 0 Å². The maximum absolute atomic E-state index is 13.5. The fourth-order valence-electron chi connectivity index (χ4n) is 4.44. The summed E-state index contributed by atoms with van der Waals surface area (Å²) in [6, 6.07) is -2.01. The summed E-state index contributed by atoms with van der Waals surface area (Å²) in [5.41, 5.74) is -1.95. The van der Waals surface area contributed by atoms with Crippen molar-refractivity contribution in [1.29, 1.82) is 0 Å². The predicted molar refractivity (Wildman–Crippen MR) is 124 cm³/mol. The van der Waals surface area contributed by atoms with Crippen molar-refractivity contribution < 1.29 is 38.5 Å². The van der Waals surface area contributed by atoms with Crippen molar-refractivity contribution in [3.63, 3.8) is 0 Å². The summed E-state index contributed by atoms with van der Waals surface area (Å²) in [7, 11) is 0. The van der Waals surface area contributed by atoms with Crippen LogP contribution in [0.15, 0.2) is 12.2 Å². The minimum Gasteiger partial charge on any atom is -0.464 e. The van der Waals surface area contributed by atoms with Crippen molar-refractivity contribution in [2.24, 2.45) is 5.92 Å². The molecule has 0 aromatic heterocycles. The Morgan fingerprint density at radius 1 is 1.31 bits per heavy atom. The second-order valence-electron chi connectivity index (χ2n) is 10.2. The van der Waals surface area contributed by atoms with Gasteiger partial charge in [-0.2, -0.15) is 0 Å². The predicted octanol–water partition coefficient (Wildman–Crippen LogP) is 0.646. The SMILES string of the molecule is CCOC(=O)[C@@]12CC1/C=C\CCOCC[C@H](NC(=O)OC(C)(C)C)C(=O)N1C[C@H](O)C[C@H]1C(=O)N2. The van der Waals surface area contributed by atoms with Crippen LogP contribution in [-0.2, 0) is 28.6 Å². The Morgan fingerprint density at radius 2 is 2.06 bits per heavy atom. The molecule has 2 fully saturated rings. The smallest absolute Gasteiger partial charge is 0.408 e. The fraction of sp³-hybridized carbons (Fsp3) is 0.750. The molecule has 0 aromatic rings. The Morgan fingerprint density at radius 3 is 2.74 bits per heavy atom. The minimum atomic E-state index is -1.19. The van der Waals surface area contributed by atoms with Crippen molar-refractivity contribution in [1.82, 2.24) is 15.5 Å². The van der Waals surface area contributed by atoms with E-state index >= 15 is 0 Å². The van der Waals surface area contributed by atoms with Gasteiger partial charge in [0.1, 0.15) is 23.2 Å². The molecule has 1 saturated heterocycles. The van der Waals surface area contributed by atoms with Gasteiger partial charge < -0.3 is 34.9 Å². The van der Waals surface area contributed by atoms with Crippen LogP contribution in [0.4, 0.5) is 4.79 Å². The highest BCUT2D eigenvalue weighted by atomic mass is 16.6. The van der Waals surface area contributed by atoms with E-state index in [0.29, 0.717) is 19.4 Å². The average Bonchev–Trinajstić information content (AvgIpc) is 3.30. The lowest BCUT2D eigenvalue weighted by Gasteiger charge is -2.30. The van der Waals surface area contributed by atoms with Crippen LogP contribution in [0.5, 0.6) is 0 Å². The molecule has 3 N–H and O–H groups in total. The molecule has 1 saturated carbocycles. The van der Waals surface area contributed by atoms with Gasteiger partial charge in [-0.15, -0.1) is 0 Å². The number of nitrogens with zero attached hydrogens (tertiary/aromatic N) is 1. The summed E-state index contributed by atoms with van der Waals surface area (Å²) in [5, 5.41) is 15.7. The maximum atomic E-state index is 13.5. The van der Waals surface area contributed by atoms with Crippen LogP contribution in [0, 0.1) is 5.92 Å².